The lowest BCUT2D eigenvalue weighted by Gasteiger charge is -2.24. The molecule has 2 rings (SSSR count). The van der Waals surface area contributed by atoms with Crippen molar-refractivity contribution in [3.05, 3.63) is 40.4 Å². The zero-order valence-corrected chi connectivity index (χ0v) is 16.8. The number of halogens is 3. The second-order valence-corrected chi connectivity index (χ2v) is 7.87. The third-order valence-corrected chi connectivity index (χ3v) is 5.32. The lowest BCUT2D eigenvalue weighted by Crippen LogP contribution is -2.44. The van der Waals surface area contributed by atoms with E-state index in [1.807, 2.05) is 20.8 Å². The molecule has 0 fully saturated rings. The van der Waals surface area contributed by atoms with Crippen LogP contribution in [0.2, 0.25) is 0 Å². The van der Waals surface area contributed by atoms with Gasteiger partial charge in [-0.2, -0.15) is 13.2 Å². The summed E-state index contributed by atoms with van der Waals surface area (Å²) < 4.78 is 43.0. The first-order chi connectivity index (χ1) is 12.9. The van der Waals surface area contributed by atoms with E-state index in [1.54, 1.807) is 6.92 Å². The number of hydrogen-bond donors (Lipinski definition) is 1. The van der Waals surface area contributed by atoms with Gasteiger partial charge >= 0.3 is 12.1 Å². The first kappa shape index (κ1) is 21.9. The number of aryl methyl sites for hydroxylation is 1. The van der Waals surface area contributed by atoms with Gasteiger partial charge in [0.25, 0.3) is 5.91 Å². The number of benzene rings is 1. The molecule has 0 saturated carbocycles. The van der Waals surface area contributed by atoms with Crippen molar-refractivity contribution in [3.63, 3.8) is 0 Å². The molecule has 0 aliphatic carbocycles. The fourth-order valence-electron chi connectivity index (χ4n) is 2.21. The van der Waals surface area contributed by atoms with Crippen molar-refractivity contribution in [2.45, 2.75) is 45.8 Å². The third-order valence-electron chi connectivity index (χ3n) is 4.14. The Labute approximate surface area is 164 Å². The molecule has 1 heterocycles. The van der Waals surface area contributed by atoms with E-state index < -0.39 is 35.8 Å². The molecule has 0 spiro atoms. The summed E-state index contributed by atoms with van der Waals surface area (Å²) in [4.78, 5) is 28.6. The molecule has 0 saturated heterocycles. The van der Waals surface area contributed by atoms with E-state index in [0.29, 0.717) is 16.3 Å². The Kier molecular flexibility index (Phi) is 6.48. The minimum Gasteiger partial charge on any atom is -0.451 e. The van der Waals surface area contributed by atoms with Gasteiger partial charge in [0.2, 0.25) is 0 Å². The maximum atomic E-state index is 12.7. The highest BCUT2D eigenvalue weighted by Crippen LogP contribution is 2.33. The van der Waals surface area contributed by atoms with Gasteiger partial charge in [0.05, 0.1) is 11.3 Å². The Hall–Kier alpha value is -2.42. The van der Waals surface area contributed by atoms with Gasteiger partial charge in [-0.3, -0.25) is 4.79 Å². The Morgan fingerprint density at radius 3 is 2.32 bits per heavy atom. The SMILES string of the molecule is CCC(C)(C)NC(=O)COC(=O)c1sc(-c2ccc(C(F)(F)F)cc2)nc1C. The van der Waals surface area contributed by atoms with E-state index in [1.165, 1.54) is 12.1 Å². The zero-order valence-electron chi connectivity index (χ0n) is 15.9. The van der Waals surface area contributed by atoms with Crippen molar-refractivity contribution < 1.29 is 27.5 Å². The molecule has 0 unspecified atom stereocenters. The van der Waals surface area contributed by atoms with Crippen LogP contribution in [0.5, 0.6) is 0 Å². The number of amides is 1. The van der Waals surface area contributed by atoms with Crippen molar-refractivity contribution in [3.8, 4) is 10.6 Å². The number of thiazole rings is 1. The number of alkyl halides is 3. The Morgan fingerprint density at radius 2 is 1.79 bits per heavy atom. The highest BCUT2D eigenvalue weighted by Gasteiger charge is 2.30. The van der Waals surface area contributed by atoms with E-state index in [-0.39, 0.29) is 4.88 Å². The normalized spacial score (nSPS) is 12.0. The van der Waals surface area contributed by atoms with Crippen LogP contribution in [0.25, 0.3) is 10.6 Å². The van der Waals surface area contributed by atoms with E-state index in [2.05, 4.69) is 10.3 Å². The van der Waals surface area contributed by atoms with Gasteiger partial charge in [-0.05, 0) is 39.3 Å². The monoisotopic (exact) mass is 414 g/mol. The summed E-state index contributed by atoms with van der Waals surface area (Å²) >= 11 is 1.00. The summed E-state index contributed by atoms with van der Waals surface area (Å²) in [5.74, 6) is -1.11. The molecule has 28 heavy (non-hydrogen) atoms. The summed E-state index contributed by atoms with van der Waals surface area (Å²) in [7, 11) is 0. The predicted octanol–water partition coefficient (Wildman–Crippen LogP) is 4.60. The maximum Gasteiger partial charge on any atom is 0.416 e. The average molecular weight is 414 g/mol. The van der Waals surface area contributed by atoms with Crippen LogP contribution in [0.1, 0.15) is 48.1 Å². The molecule has 152 valence electrons. The number of nitrogens with zero attached hydrogens (tertiary/aromatic N) is 1. The maximum absolute atomic E-state index is 12.7. The molecule has 0 radical (unpaired) electrons. The van der Waals surface area contributed by atoms with E-state index in [4.69, 9.17) is 4.74 Å². The van der Waals surface area contributed by atoms with Crippen LogP contribution >= 0.6 is 11.3 Å². The van der Waals surface area contributed by atoms with Crippen molar-refractivity contribution >= 4 is 23.2 Å². The molecular formula is C19H21F3N2O3S. The largest absolute Gasteiger partial charge is 0.451 e. The fourth-order valence-corrected chi connectivity index (χ4v) is 3.18. The molecule has 1 N–H and O–H groups in total. The van der Waals surface area contributed by atoms with Crippen LogP contribution in [-0.4, -0.2) is 29.0 Å². The Morgan fingerprint density at radius 1 is 1.18 bits per heavy atom. The molecule has 0 aliphatic heterocycles. The van der Waals surface area contributed by atoms with Gasteiger partial charge in [0.1, 0.15) is 9.88 Å². The van der Waals surface area contributed by atoms with Gasteiger partial charge in [-0.25, -0.2) is 9.78 Å². The molecule has 2 aromatic rings. The first-order valence-electron chi connectivity index (χ1n) is 8.56. The van der Waals surface area contributed by atoms with Crippen LogP contribution in [0.4, 0.5) is 13.2 Å². The molecule has 0 atom stereocenters. The van der Waals surface area contributed by atoms with Crippen molar-refractivity contribution in [2.75, 3.05) is 6.61 Å². The lowest BCUT2D eigenvalue weighted by molar-refractivity contribution is -0.137. The molecule has 1 aromatic heterocycles. The number of carbonyl (C=O) groups is 2. The van der Waals surface area contributed by atoms with Gasteiger partial charge in [0.15, 0.2) is 6.61 Å². The molecule has 0 aliphatic rings. The number of aromatic nitrogens is 1. The molecule has 1 aromatic carbocycles. The van der Waals surface area contributed by atoms with E-state index in [9.17, 15) is 22.8 Å². The first-order valence-corrected chi connectivity index (χ1v) is 9.38. The number of ether oxygens (including phenoxy) is 1. The Bertz CT molecular complexity index is 858. The minimum absolute atomic E-state index is 0.206. The van der Waals surface area contributed by atoms with Crippen LogP contribution in [0.15, 0.2) is 24.3 Å². The summed E-state index contributed by atoms with van der Waals surface area (Å²) in [6.45, 7) is 6.82. The van der Waals surface area contributed by atoms with Gasteiger partial charge in [-0.15, -0.1) is 11.3 Å². The van der Waals surface area contributed by atoms with Crippen LogP contribution in [0.3, 0.4) is 0 Å². The summed E-state index contributed by atoms with van der Waals surface area (Å²) in [6.07, 6.45) is -3.70. The van der Waals surface area contributed by atoms with Gasteiger partial charge in [-0.1, -0.05) is 19.1 Å². The predicted molar refractivity (Wildman–Crippen MR) is 100 cm³/mol. The summed E-state index contributed by atoms with van der Waals surface area (Å²) in [5.41, 5.74) is -0.313. The van der Waals surface area contributed by atoms with E-state index in [0.717, 1.165) is 29.9 Å². The fraction of sp³-hybridized carbons (Fsp3) is 0.421. The number of carbonyl (C=O) groups excluding carboxylic acids is 2. The van der Waals surface area contributed by atoms with Gasteiger partial charge in [0, 0.05) is 11.1 Å². The highest BCUT2D eigenvalue weighted by atomic mass is 32.1. The molecule has 1 amide bonds. The van der Waals surface area contributed by atoms with E-state index >= 15 is 0 Å². The summed E-state index contributed by atoms with van der Waals surface area (Å²) in [6, 6.07) is 4.53. The standard InChI is InChI=1S/C19H21F3N2O3S/c1-5-18(3,4)24-14(25)10-27-17(26)15-11(2)23-16(28-15)12-6-8-13(9-7-12)19(20,21)22/h6-9H,5,10H2,1-4H3,(H,24,25). The average Bonchev–Trinajstić information content (AvgIpc) is 3.00. The second-order valence-electron chi connectivity index (χ2n) is 6.87. The third kappa shape index (κ3) is 5.54. The van der Waals surface area contributed by atoms with Crippen LogP contribution in [-0.2, 0) is 15.7 Å². The molecular weight excluding hydrogens is 393 g/mol. The zero-order chi connectivity index (χ0) is 21.1. The number of hydrogen-bond acceptors (Lipinski definition) is 5. The second kappa shape index (κ2) is 8.30. The number of esters is 1. The minimum atomic E-state index is -4.42. The van der Waals surface area contributed by atoms with Crippen molar-refractivity contribution in [1.29, 1.82) is 0 Å². The number of rotatable bonds is 6. The molecule has 9 heteroatoms. The lowest BCUT2D eigenvalue weighted by atomic mass is 10.0. The van der Waals surface area contributed by atoms with Crippen LogP contribution in [0, 0.1) is 6.92 Å². The Balaban J connectivity index is 2.07. The number of nitrogens with one attached hydrogen (secondary N) is 1. The highest BCUT2D eigenvalue weighted by molar-refractivity contribution is 7.17. The topological polar surface area (TPSA) is 68.3 Å². The summed E-state index contributed by atoms with van der Waals surface area (Å²) in [5, 5.41) is 3.15. The quantitative estimate of drug-likeness (QED) is 0.702. The molecule has 5 nitrogen and oxygen atoms in total. The van der Waals surface area contributed by atoms with Crippen molar-refractivity contribution in [2.24, 2.45) is 0 Å². The molecule has 0 bridgehead atoms. The van der Waals surface area contributed by atoms with Crippen molar-refractivity contribution in [1.82, 2.24) is 10.3 Å². The van der Waals surface area contributed by atoms with Crippen LogP contribution < -0.4 is 5.32 Å². The van der Waals surface area contributed by atoms with Gasteiger partial charge < -0.3 is 10.1 Å². The smallest absolute Gasteiger partial charge is 0.416 e.